The summed E-state index contributed by atoms with van der Waals surface area (Å²) in [5, 5.41) is 20.0. The fraction of sp³-hybridized carbons (Fsp3) is 0.469. The van der Waals surface area contributed by atoms with E-state index in [1.54, 1.807) is 11.8 Å². The second kappa shape index (κ2) is 11.1. The summed E-state index contributed by atoms with van der Waals surface area (Å²) in [6.45, 7) is 2.86. The SMILES string of the molecule is C[C@]1(O)CCCN(c2nc(OC[C@@]34CCCN3C[C@H](F)C4)nc3c(F)c(-c4ccc(F)c5sc(N)c(C#N)c45)c(C(F)(F)F)cc23)C1. The van der Waals surface area contributed by atoms with E-state index in [1.807, 2.05) is 11.0 Å². The molecule has 2 aromatic carbocycles. The first-order chi connectivity index (χ1) is 22.2. The molecule has 47 heavy (non-hydrogen) atoms. The van der Waals surface area contributed by atoms with Gasteiger partial charge in [-0.05, 0) is 56.8 Å². The Labute approximate surface area is 269 Å². The van der Waals surface area contributed by atoms with E-state index in [9.17, 15) is 32.3 Å². The fourth-order valence-electron chi connectivity index (χ4n) is 7.54. The largest absolute Gasteiger partial charge is 0.461 e. The minimum atomic E-state index is -5.10. The maximum atomic E-state index is 16.9. The molecule has 3 N–H and O–H groups in total. The summed E-state index contributed by atoms with van der Waals surface area (Å²) in [6, 6.07) is 4.14. The lowest BCUT2D eigenvalue weighted by Crippen LogP contribution is -2.46. The standard InChI is InChI=1S/C32H30F6N6O2S/c1-30(45)6-2-8-43(14-30)28-18-10-20(32(36,37)38)23(17-4-5-21(34)26-22(17)19(12-39)27(40)47-26)24(35)25(18)41-29(42-28)46-15-31-7-3-9-44(31)13-16(33)11-31/h4-5,10,16,45H,2-3,6-9,11,13-15,40H2,1H3/t16-,30+,31+/m1/s1. The molecule has 0 saturated carbocycles. The molecule has 3 saturated heterocycles. The number of ether oxygens (including phenoxy) is 1. The van der Waals surface area contributed by atoms with Crippen LogP contribution in [0.25, 0.3) is 32.1 Å². The molecule has 15 heteroatoms. The number of β-amino-alcohol motifs (C(OH)–C–C–N with tert-alkyl or cyclic N) is 1. The number of nitrogens with zero attached hydrogens (tertiary/aromatic N) is 5. The van der Waals surface area contributed by atoms with Gasteiger partial charge in [0.25, 0.3) is 0 Å². The second-order valence-corrected chi connectivity index (χ2v) is 14.0. The van der Waals surface area contributed by atoms with Crippen molar-refractivity contribution in [2.24, 2.45) is 0 Å². The van der Waals surface area contributed by atoms with Crippen molar-refractivity contribution in [2.45, 2.75) is 62.5 Å². The van der Waals surface area contributed by atoms with Gasteiger partial charge in [-0.15, -0.1) is 11.3 Å². The van der Waals surface area contributed by atoms with E-state index in [0.717, 1.165) is 24.6 Å². The van der Waals surface area contributed by atoms with Crippen molar-refractivity contribution < 1.29 is 36.2 Å². The number of hydrogen-bond donors (Lipinski definition) is 2. The van der Waals surface area contributed by atoms with E-state index >= 15 is 4.39 Å². The van der Waals surface area contributed by atoms with Crippen molar-refractivity contribution in [3.63, 3.8) is 0 Å². The lowest BCUT2D eigenvalue weighted by atomic mass is 9.92. The van der Waals surface area contributed by atoms with E-state index in [0.29, 0.717) is 43.7 Å². The van der Waals surface area contributed by atoms with Gasteiger partial charge in [0.1, 0.15) is 41.0 Å². The van der Waals surface area contributed by atoms with Crippen molar-refractivity contribution in [1.82, 2.24) is 14.9 Å². The monoisotopic (exact) mass is 676 g/mol. The van der Waals surface area contributed by atoms with Crippen LogP contribution in [0, 0.1) is 23.0 Å². The van der Waals surface area contributed by atoms with Crippen LogP contribution >= 0.6 is 11.3 Å². The summed E-state index contributed by atoms with van der Waals surface area (Å²) in [4.78, 5) is 12.3. The first-order valence-electron chi connectivity index (χ1n) is 15.2. The molecule has 0 unspecified atom stereocenters. The van der Waals surface area contributed by atoms with E-state index in [4.69, 9.17) is 10.5 Å². The number of rotatable bonds is 5. The highest BCUT2D eigenvalue weighted by Crippen LogP contribution is 2.48. The molecular formula is C32H30F6N6O2S. The van der Waals surface area contributed by atoms with Crippen LogP contribution in [0.5, 0.6) is 6.01 Å². The zero-order valence-electron chi connectivity index (χ0n) is 25.2. The summed E-state index contributed by atoms with van der Waals surface area (Å²) >= 11 is 0.681. The highest BCUT2D eigenvalue weighted by atomic mass is 32.1. The fourth-order valence-corrected chi connectivity index (χ4v) is 8.49. The summed E-state index contributed by atoms with van der Waals surface area (Å²) in [5.41, 5.74) is 0.682. The van der Waals surface area contributed by atoms with E-state index in [1.165, 1.54) is 0 Å². The number of nitriles is 1. The Kier molecular flexibility index (Phi) is 7.49. The zero-order chi connectivity index (χ0) is 33.5. The quantitative estimate of drug-likeness (QED) is 0.229. The van der Waals surface area contributed by atoms with Crippen LogP contribution in [-0.2, 0) is 6.18 Å². The van der Waals surface area contributed by atoms with Gasteiger partial charge in [0, 0.05) is 42.4 Å². The Hall–Kier alpha value is -3.87. The van der Waals surface area contributed by atoms with Gasteiger partial charge < -0.3 is 20.5 Å². The number of hydrogen-bond acceptors (Lipinski definition) is 9. The third-order valence-electron chi connectivity index (χ3n) is 9.60. The van der Waals surface area contributed by atoms with Gasteiger partial charge >= 0.3 is 12.2 Å². The summed E-state index contributed by atoms with van der Waals surface area (Å²) in [6.07, 6.45) is -3.47. The number of aliphatic hydroxyl groups is 1. The van der Waals surface area contributed by atoms with E-state index in [2.05, 4.69) is 9.97 Å². The molecule has 0 aliphatic carbocycles. The lowest BCUT2D eigenvalue weighted by Gasteiger charge is -2.38. The van der Waals surface area contributed by atoms with Crippen LogP contribution in [0.15, 0.2) is 18.2 Å². The van der Waals surface area contributed by atoms with Crippen LogP contribution in [0.3, 0.4) is 0 Å². The smallest absolute Gasteiger partial charge is 0.417 e. The first-order valence-corrected chi connectivity index (χ1v) is 16.0. The number of halogens is 6. The number of benzene rings is 2. The Balaban J connectivity index is 1.46. The van der Waals surface area contributed by atoms with Crippen LogP contribution < -0.4 is 15.4 Å². The average Bonchev–Trinajstić information content (AvgIpc) is 3.64. The van der Waals surface area contributed by atoms with Gasteiger partial charge in [0.05, 0.1) is 27.0 Å². The van der Waals surface area contributed by atoms with Crippen molar-refractivity contribution >= 4 is 43.1 Å². The minimum Gasteiger partial charge on any atom is -0.461 e. The van der Waals surface area contributed by atoms with Crippen LogP contribution in [0.2, 0.25) is 0 Å². The molecule has 7 rings (SSSR count). The third-order valence-corrected chi connectivity index (χ3v) is 10.6. The molecule has 0 bridgehead atoms. The van der Waals surface area contributed by atoms with Gasteiger partial charge in [-0.1, -0.05) is 6.07 Å². The Morgan fingerprint density at radius 3 is 2.68 bits per heavy atom. The maximum absolute atomic E-state index is 16.9. The van der Waals surface area contributed by atoms with Crippen molar-refractivity contribution in [1.29, 1.82) is 5.26 Å². The molecule has 4 aromatic rings. The number of nitrogen functional groups attached to an aromatic ring is 1. The number of aromatic nitrogens is 2. The highest BCUT2D eigenvalue weighted by molar-refractivity contribution is 7.23. The number of thiophene rings is 1. The minimum absolute atomic E-state index is 0.00279. The van der Waals surface area contributed by atoms with Gasteiger partial charge in [0.2, 0.25) is 0 Å². The van der Waals surface area contributed by atoms with E-state index < -0.39 is 51.8 Å². The molecule has 3 aliphatic rings. The molecule has 3 fully saturated rings. The molecule has 2 aromatic heterocycles. The summed E-state index contributed by atoms with van der Waals surface area (Å²) < 4.78 is 96.6. The number of fused-ring (bicyclic) bond motifs is 3. The molecule has 3 aliphatic heterocycles. The third kappa shape index (κ3) is 5.30. The van der Waals surface area contributed by atoms with Crippen molar-refractivity contribution in [2.75, 3.05) is 43.4 Å². The Morgan fingerprint density at radius 2 is 1.96 bits per heavy atom. The Bertz CT molecular complexity index is 1960. The molecule has 248 valence electrons. The molecule has 0 spiro atoms. The van der Waals surface area contributed by atoms with E-state index in [-0.39, 0.29) is 69.5 Å². The molecular weight excluding hydrogens is 646 g/mol. The number of piperidine rings is 1. The molecule has 0 amide bonds. The lowest BCUT2D eigenvalue weighted by molar-refractivity contribution is -0.137. The first kappa shape index (κ1) is 31.7. The molecule has 0 radical (unpaired) electrons. The maximum Gasteiger partial charge on any atom is 0.417 e. The number of nitrogens with two attached hydrogens (primary N) is 1. The van der Waals surface area contributed by atoms with Crippen LogP contribution in [0.4, 0.5) is 37.2 Å². The summed E-state index contributed by atoms with van der Waals surface area (Å²) in [5.74, 6) is -2.26. The topological polar surface area (TPSA) is 112 Å². The van der Waals surface area contributed by atoms with Crippen LogP contribution in [-0.4, -0.2) is 70.1 Å². The number of alkyl halides is 4. The second-order valence-electron chi connectivity index (χ2n) is 13.0. The highest BCUT2D eigenvalue weighted by Gasteiger charge is 2.49. The van der Waals surface area contributed by atoms with Gasteiger partial charge in [-0.25, -0.2) is 13.2 Å². The molecule has 8 nitrogen and oxygen atoms in total. The molecule has 3 atom stereocenters. The van der Waals surface area contributed by atoms with Crippen molar-refractivity contribution in [3.05, 3.63) is 41.0 Å². The zero-order valence-corrected chi connectivity index (χ0v) is 26.0. The summed E-state index contributed by atoms with van der Waals surface area (Å²) in [7, 11) is 0. The molecule has 5 heterocycles. The van der Waals surface area contributed by atoms with Gasteiger partial charge in [-0.2, -0.15) is 28.4 Å². The van der Waals surface area contributed by atoms with Crippen LogP contribution in [0.1, 0.15) is 50.2 Å². The Morgan fingerprint density at radius 1 is 1.19 bits per heavy atom. The van der Waals surface area contributed by atoms with Crippen molar-refractivity contribution in [3.8, 4) is 23.2 Å². The van der Waals surface area contributed by atoms with Gasteiger partial charge in [0.15, 0.2) is 5.82 Å². The number of anilines is 2. The average molecular weight is 677 g/mol. The predicted molar refractivity (Wildman–Crippen MR) is 165 cm³/mol. The predicted octanol–water partition coefficient (Wildman–Crippen LogP) is 6.57. The normalized spacial score (nSPS) is 25.1. The van der Waals surface area contributed by atoms with Gasteiger partial charge in [-0.3, -0.25) is 4.90 Å².